The minimum absolute atomic E-state index is 0.164. The standard InChI is InChI=1S/C10H14N8O2/c11-8-14-9(12-5-7-13-6-20-17-7)16-10(15-8)18-1-3-19-4-2-18/h6H,1-5H2,(H3,11,12,14,15,16). The molecular weight excluding hydrogens is 264 g/mol. The number of hydrogen-bond donors (Lipinski definition) is 2. The molecule has 10 nitrogen and oxygen atoms in total. The van der Waals surface area contributed by atoms with E-state index in [0.29, 0.717) is 37.5 Å². The van der Waals surface area contributed by atoms with Crippen molar-refractivity contribution in [1.29, 1.82) is 0 Å². The summed E-state index contributed by atoms with van der Waals surface area (Å²) in [7, 11) is 0. The maximum Gasteiger partial charge on any atom is 0.232 e. The van der Waals surface area contributed by atoms with Crippen molar-refractivity contribution in [2.45, 2.75) is 6.54 Å². The van der Waals surface area contributed by atoms with Crippen LogP contribution >= 0.6 is 0 Å². The van der Waals surface area contributed by atoms with Crippen LogP contribution in [-0.4, -0.2) is 51.4 Å². The fourth-order valence-corrected chi connectivity index (χ4v) is 1.79. The number of nitrogens with zero attached hydrogens (tertiary/aromatic N) is 6. The van der Waals surface area contributed by atoms with Crippen molar-refractivity contribution in [3.63, 3.8) is 0 Å². The molecular formula is C10H14N8O2. The van der Waals surface area contributed by atoms with E-state index in [1.807, 2.05) is 4.90 Å². The van der Waals surface area contributed by atoms with E-state index in [2.05, 4.69) is 34.9 Å². The summed E-state index contributed by atoms with van der Waals surface area (Å²) in [4.78, 5) is 18.4. The summed E-state index contributed by atoms with van der Waals surface area (Å²) in [5.74, 6) is 1.59. The van der Waals surface area contributed by atoms with E-state index in [9.17, 15) is 0 Å². The topological polar surface area (TPSA) is 128 Å². The smallest absolute Gasteiger partial charge is 0.232 e. The quantitative estimate of drug-likeness (QED) is 0.739. The summed E-state index contributed by atoms with van der Waals surface area (Å²) >= 11 is 0. The molecule has 20 heavy (non-hydrogen) atoms. The van der Waals surface area contributed by atoms with Crippen molar-refractivity contribution in [1.82, 2.24) is 25.1 Å². The molecule has 2 aromatic rings. The zero-order chi connectivity index (χ0) is 13.8. The van der Waals surface area contributed by atoms with Gasteiger partial charge in [-0.1, -0.05) is 5.16 Å². The van der Waals surface area contributed by atoms with Gasteiger partial charge in [0.15, 0.2) is 5.82 Å². The third-order valence-electron chi connectivity index (χ3n) is 2.75. The van der Waals surface area contributed by atoms with Gasteiger partial charge in [-0.15, -0.1) is 0 Å². The first-order valence-electron chi connectivity index (χ1n) is 6.14. The monoisotopic (exact) mass is 278 g/mol. The lowest BCUT2D eigenvalue weighted by molar-refractivity contribution is 0.122. The van der Waals surface area contributed by atoms with Crippen LogP contribution in [-0.2, 0) is 11.3 Å². The van der Waals surface area contributed by atoms with Gasteiger partial charge in [-0.05, 0) is 0 Å². The van der Waals surface area contributed by atoms with Gasteiger partial charge < -0.3 is 25.2 Å². The molecule has 106 valence electrons. The average Bonchev–Trinajstić information content (AvgIpc) is 2.99. The van der Waals surface area contributed by atoms with Crippen molar-refractivity contribution < 1.29 is 9.26 Å². The molecule has 1 aliphatic rings. The second kappa shape index (κ2) is 5.65. The summed E-state index contributed by atoms with van der Waals surface area (Å²) in [5, 5.41) is 6.67. The predicted octanol–water partition coefficient (Wildman–Crippen LogP) is -0.715. The zero-order valence-electron chi connectivity index (χ0n) is 10.7. The fourth-order valence-electron chi connectivity index (χ4n) is 1.79. The number of hydrogen-bond acceptors (Lipinski definition) is 10. The maximum absolute atomic E-state index is 5.71. The molecule has 2 aromatic heterocycles. The van der Waals surface area contributed by atoms with Gasteiger partial charge in [-0.3, -0.25) is 0 Å². The molecule has 0 aromatic carbocycles. The van der Waals surface area contributed by atoms with E-state index >= 15 is 0 Å². The van der Waals surface area contributed by atoms with Crippen LogP contribution in [0.4, 0.5) is 17.8 Å². The molecule has 0 bridgehead atoms. The van der Waals surface area contributed by atoms with Gasteiger partial charge in [0.2, 0.25) is 24.2 Å². The van der Waals surface area contributed by atoms with Gasteiger partial charge >= 0.3 is 0 Å². The SMILES string of the molecule is Nc1nc(NCc2ncon2)nc(N2CCOCC2)n1. The minimum atomic E-state index is 0.164. The molecule has 10 heteroatoms. The summed E-state index contributed by atoms with van der Waals surface area (Å²) in [5.41, 5.74) is 5.71. The Morgan fingerprint density at radius 2 is 2.10 bits per heavy atom. The van der Waals surface area contributed by atoms with Gasteiger partial charge in [0, 0.05) is 13.1 Å². The number of anilines is 3. The number of nitrogen functional groups attached to an aromatic ring is 1. The highest BCUT2D eigenvalue weighted by Crippen LogP contribution is 2.13. The molecule has 0 saturated carbocycles. The summed E-state index contributed by atoms with van der Waals surface area (Å²) in [6, 6.07) is 0. The van der Waals surface area contributed by atoms with Gasteiger partial charge in [0.05, 0.1) is 19.8 Å². The number of nitrogens with one attached hydrogen (secondary N) is 1. The van der Waals surface area contributed by atoms with Crippen LogP contribution in [0.3, 0.4) is 0 Å². The van der Waals surface area contributed by atoms with Gasteiger partial charge in [0.1, 0.15) is 0 Å². The molecule has 3 N–H and O–H groups in total. The van der Waals surface area contributed by atoms with E-state index < -0.39 is 0 Å². The molecule has 3 heterocycles. The first-order valence-corrected chi connectivity index (χ1v) is 6.14. The van der Waals surface area contributed by atoms with Gasteiger partial charge in [-0.2, -0.15) is 19.9 Å². The van der Waals surface area contributed by atoms with Crippen LogP contribution in [0, 0.1) is 0 Å². The van der Waals surface area contributed by atoms with Crippen molar-refractivity contribution in [2.75, 3.05) is 42.3 Å². The Bertz CT molecular complexity index is 554. The first-order chi connectivity index (χ1) is 9.81. The van der Waals surface area contributed by atoms with Crippen LogP contribution in [0.25, 0.3) is 0 Å². The first kappa shape index (κ1) is 12.5. The Labute approximate surface area is 114 Å². The van der Waals surface area contributed by atoms with Gasteiger partial charge in [-0.25, -0.2) is 0 Å². The molecule has 0 radical (unpaired) electrons. The molecule has 0 aliphatic carbocycles. The normalized spacial score (nSPS) is 15.3. The molecule has 1 aliphatic heterocycles. The van der Waals surface area contributed by atoms with E-state index in [1.54, 1.807) is 0 Å². The van der Waals surface area contributed by atoms with Crippen molar-refractivity contribution >= 4 is 17.8 Å². The summed E-state index contributed by atoms with van der Waals surface area (Å²) < 4.78 is 9.94. The molecule has 0 amide bonds. The highest BCUT2D eigenvalue weighted by atomic mass is 16.5. The summed E-state index contributed by atoms with van der Waals surface area (Å²) in [6.45, 7) is 3.11. The van der Waals surface area contributed by atoms with Crippen LogP contribution in [0.2, 0.25) is 0 Å². The Hall–Kier alpha value is -2.49. The third-order valence-corrected chi connectivity index (χ3v) is 2.75. The fraction of sp³-hybridized carbons (Fsp3) is 0.500. The van der Waals surface area contributed by atoms with E-state index in [-0.39, 0.29) is 5.95 Å². The van der Waals surface area contributed by atoms with E-state index in [4.69, 9.17) is 10.5 Å². The van der Waals surface area contributed by atoms with Crippen molar-refractivity contribution in [3.8, 4) is 0 Å². The molecule has 1 fully saturated rings. The highest BCUT2D eigenvalue weighted by Gasteiger charge is 2.15. The number of morpholine rings is 1. The highest BCUT2D eigenvalue weighted by molar-refractivity contribution is 5.42. The molecule has 0 unspecified atom stereocenters. The average molecular weight is 278 g/mol. The zero-order valence-corrected chi connectivity index (χ0v) is 10.7. The van der Waals surface area contributed by atoms with Crippen LogP contribution in [0.15, 0.2) is 10.9 Å². The van der Waals surface area contributed by atoms with Crippen LogP contribution in [0.5, 0.6) is 0 Å². The van der Waals surface area contributed by atoms with Gasteiger partial charge in [0.25, 0.3) is 0 Å². The lowest BCUT2D eigenvalue weighted by atomic mass is 10.4. The van der Waals surface area contributed by atoms with E-state index in [1.165, 1.54) is 6.39 Å². The minimum Gasteiger partial charge on any atom is -0.378 e. The predicted molar refractivity (Wildman–Crippen MR) is 68.9 cm³/mol. The Kier molecular flexibility index (Phi) is 3.54. The number of aromatic nitrogens is 5. The maximum atomic E-state index is 5.71. The van der Waals surface area contributed by atoms with E-state index in [0.717, 1.165) is 13.1 Å². The second-order valence-electron chi connectivity index (χ2n) is 4.12. The molecule has 0 atom stereocenters. The van der Waals surface area contributed by atoms with Crippen LogP contribution < -0.4 is 16.0 Å². The van der Waals surface area contributed by atoms with Crippen molar-refractivity contribution in [2.24, 2.45) is 0 Å². The summed E-state index contributed by atoms with van der Waals surface area (Å²) in [6.07, 6.45) is 1.26. The Balaban J connectivity index is 1.72. The number of ether oxygens (including phenoxy) is 1. The number of rotatable bonds is 4. The lowest BCUT2D eigenvalue weighted by Crippen LogP contribution is -2.37. The lowest BCUT2D eigenvalue weighted by Gasteiger charge is -2.26. The Morgan fingerprint density at radius 1 is 1.25 bits per heavy atom. The largest absolute Gasteiger partial charge is 0.378 e. The molecule has 3 rings (SSSR count). The number of nitrogens with two attached hydrogens (primary N) is 1. The molecule has 1 saturated heterocycles. The van der Waals surface area contributed by atoms with Crippen molar-refractivity contribution in [3.05, 3.63) is 12.2 Å². The third kappa shape index (κ3) is 2.91. The Morgan fingerprint density at radius 3 is 2.85 bits per heavy atom. The molecule has 0 spiro atoms. The second-order valence-corrected chi connectivity index (χ2v) is 4.12. The van der Waals surface area contributed by atoms with Crippen LogP contribution in [0.1, 0.15) is 5.82 Å².